The van der Waals surface area contributed by atoms with Crippen LogP contribution in [-0.4, -0.2) is 20.9 Å². The zero-order chi connectivity index (χ0) is 17.6. The van der Waals surface area contributed by atoms with E-state index < -0.39 is 0 Å². The molecule has 25 heavy (non-hydrogen) atoms. The number of pyridine rings is 1. The highest BCUT2D eigenvalue weighted by atomic mass is 79.9. The fraction of sp³-hybridized carbons (Fsp3) is 0.111. The first-order chi connectivity index (χ1) is 12.1. The number of halogens is 1. The molecule has 0 aliphatic carbocycles. The number of nitrogens with one attached hydrogen (secondary N) is 2. The van der Waals surface area contributed by atoms with Gasteiger partial charge in [0.2, 0.25) is 5.95 Å². The summed E-state index contributed by atoms with van der Waals surface area (Å²) in [5.41, 5.74) is 3.32. The third kappa shape index (κ3) is 4.60. The van der Waals surface area contributed by atoms with Gasteiger partial charge in [-0.15, -0.1) is 0 Å². The molecule has 0 spiro atoms. The Labute approximate surface area is 153 Å². The van der Waals surface area contributed by atoms with Crippen molar-refractivity contribution in [3.63, 3.8) is 0 Å². The third-order valence-electron chi connectivity index (χ3n) is 3.52. The number of carbonyl (C=O) groups is 1. The molecule has 7 heteroatoms. The zero-order valence-electron chi connectivity index (χ0n) is 13.5. The summed E-state index contributed by atoms with van der Waals surface area (Å²) in [5.74, 6) is 0.212. The molecule has 0 saturated carbocycles. The molecule has 0 unspecified atom stereocenters. The monoisotopic (exact) mass is 397 g/mol. The predicted octanol–water partition coefficient (Wildman–Crippen LogP) is 3.62. The molecule has 0 radical (unpaired) electrons. The van der Waals surface area contributed by atoms with E-state index in [1.807, 2.05) is 37.3 Å². The molecule has 6 nitrogen and oxygen atoms in total. The van der Waals surface area contributed by atoms with E-state index in [1.165, 1.54) is 12.4 Å². The summed E-state index contributed by atoms with van der Waals surface area (Å²) < 4.78 is 1.01. The average molecular weight is 398 g/mol. The van der Waals surface area contributed by atoms with Crippen LogP contribution in [0.25, 0.3) is 0 Å². The Morgan fingerprint density at radius 2 is 1.96 bits per heavy atom. The van der Waals surface area contributed by atoms with Gasteiger partial charge in [-0.3, -0.25) is 9.78 Å². The Morgan fingerprint density at radius 1 is 1.16 bits per heavy atom. The second-order valence-corrected chi connectivity index (χ2v) is 6.34. The summed E-state index contributed by atoms with van der Waals surface area (Å²) >= 11 is 3.43. The first kappa shape index (κ1) is 17.0. The lowest BCUT2D eigenvalue weighted by Gasteiger charge is -2.09. The van der Waals surface area contributed by atoms with Gasteiger partial charge in [-0.2, -0.15) is 0 Å². The Hall–Kier alpha value is -2.80. The Morgan fingerprint density at radius 3 is 2.64 bits per heavy atom. The number of aromatic nitrogens is 3. The van der Waals surface area contributed by atoms with E-state index >= 15 is 0 Å². The van der Waals surface area contributed by atoms with E-state index in [1.54, 1.807) is 12.4 Å². The van der Waals surface area contributed by atoms with E-state index in [0.29, 0.717) is 18.1 Å². The quantitative estimate of drug-likeness (QED) is 0.687. The summed E-state index contributed by atoms with van der Waals surface area (Å²) in [4.78, 5) is 24.6. The van der Waals surface area contributed by atoms with Crippen LogP contribution < -0.4 is 10.6 Å². The Kier molecular flexibility index (Phi) is 5.35. The maximum atomic E-state index is 12.1. The van der Waals surface area contributed by atoms with Crippen molar-refractivity contribution in [2.24, 2.45) is 0 Å². The van der Waals surface area contributed by atoms with E-state index in [-0.39, 0.29) is 5.91 Å². The van der Waals surface area contributed by atoms with Gasteiger partial charge in [-0.05, 0) is 42.3 Å². The molecular weight excluding hydrogens is 382 g/mol. The smallest absolute Gasteiger partial charge is 0.254 e. The normalized spacial score (nSPS) is 10.3. The Bertz CT molecular complexity index is 868. The number of anilines is 2. The van der Waals surface area contributed by atoms with E-state index in [4.69, 9.17) is 0 Å². The van der Waals surface area contributed by atoms with Crippen LogP contribution in [0, 0.1) is 6.92 Å². The third-order valence-corrected chi connectivity index (χ3v) is 4.02. The van der Waals surface area contributed by atoms with Gasteiger partial charge in [0.25, 0.3) is 5.91 Å². The molecule has 0 atom stereocenters. The second kappa shape index (κ2) is 7.85. The van der Waals surface area contributed by atoms with Crippen molar-refractivity contribution in [2.75, 3.05) is 5.32 Å². The summed E-state index contributed by atoms with van der Waals surface area (Å²) in [6.45, 7) is 2.40. The fourth-order valence-corrected chi connectivity index (χ4v) is 2.66. The predicted molar refractivity (Wildman–Crippen MR) is 99.6 cm³/mol. The fourth-order valence-electron chi connectivity index (χ4n) is 2.18. The molecule has 2 aromatic heterocycles. The summed E-state index contributed by atoms with van der Waals surface area (Å²) in [6.07, 6.45) is 6.41. The standard InChI is InChI=1S/C18H16BrN5O/c1-12-7-15(19)4-5-16(12)24-18-22-10-14(11-23-18)17(25)21-9-13-3-2-6-20-8-13/h2-8,10-11H,9H2,1H3,(H,21,25)(H,22,23,24). The number of rotatable bonds is 5. The van der Waals surface area contributed by atoms with Crippen molar-refractivity contribution in [3.05, 3.63) is 76.3 Å². The van der Waals surface area contributed by atoms with Crippen LogP contribution in [0.4, 0.5) is 11.6 Å². The van der Waals surface area contributed by atoms with E-state index in [2.05, 4.69) is 41.5 Å². The van der Waals surface area contributed by atoms with Gasteiger partial charge in [-0.25, -0.2) is 9.97 Å². The molecule has 0 aliphatic rings. The number of nitrogens with zero attached hydrogens (tertiary/aromatic N) is 3. The van der Waals surface area contributed by atoms with Gasteiger partial charge in [0, 0.05) is 41.5 Å². The van der Waals surface area contributed by atoms with Crippen LogP contribution in [0.2, 0.25) is 0 Å². The molecule has 1 amide bonds. The highest BCUT2D eigenvalue weighted by Crippen LogP contribution is 2.22. The van der Waals surface area contributed by atoms with Crippen LogP contribution in [0.5, 0.6) is 0 Å². The van der Waals surface area contributed by atoms with E-state index in [0.717, 1.165) is 21.3 Å². The lowest BCUT2D eigenvalue weighted by atomic mass is 10.2. The SMILES string of the molecule is Cc1cc(Br)ccc1Nc1ncc(C(=O)NCc2cccnc2)cn1. The lowest BCUT2D eigenvalue weighted by molar-refractivity contribution is 0.0950. The highest BCUT2D eigenvalue weighted by Gasteiger charge is 2.08. The first-order valence-electron chi connectivity index (χ1n) is 7.64. The molecule has 0 fully saturated rings. The van der Waals surface area contributed by atoms with Crippen molar-refractivity contribution in [1.29, 1.82) is 0 Å². The summed E-state index contributed by atoms with van der Waals surface area (Å²) in [6, 6.07) is 9.61. The molecule has 0 aliphatic heterocycles. The van der Waals surface area contributed by atoms with E-state index in [9.17, 15) is 4.79 Å². The number of hydrogen-bond donors (Lipinski definition) is 2. The molecular formula is C18H16BrN5O. The van der Waals surface area contributed by atoms with Crippen LogP contribution >= 0.6 is 15.9 Å². The van der Waals surface area contributed by atoms with Gasteiger partial charge in [0.15, 0.2) is 0 Å². The van der Waals surface area contributed by atoms with Gasteiger partial charge < -0.3 is 10.6 Å². The number of hydrogen-bond acceptors (Lipinski definition) is 5. The molecule has 126 valence electrons. The minimum Gasteiger partial charge on any atom is -0.348 e. The molecule has 3 rings (SSSR count). The van der Waals surface area contributed by atoms with Gasteiger partial charge >= 0.3 is 0 Å². The van der Waals surface area contributed by atoms with Crippen LogP contribution in [0.3, 0.4) is 0 Å². The highest BCUT2D eigenvalue weighted by molar-refractivity contribution is 9.10. The second-order valence-electron chi connectivity index (χ2n) is 5.42. The van der Waals surface area contributed by atoms with Crippen LogP contribution in [0.15, 0.2) is 59.6 Å². The van der Waals surface area contributed by atoms with Crippen molar-refractivity contribution in [3.8, 4) is 0 Å². The van der Waals surface area contributed by atoms with Crippen molar-refractivity contribution < 1.29 is 4.79 Å². The van der Waals surface area contributed by atoms with Crippen molar-refractivity contribution in [1.82, 2.24) is 20.3 Å². The van der Waals surface area contributed by atoms with Crippen molar-refractivity contribution >= 4 is 33.5 Å². The summed E-state index contributed by atoms with van der Waals surface area (Å²) in [7, 11) is 0. The van der Waals surface area contributed by atoms with Crippen molar-refractivity contribution in [2.45, 2.75) is 13.5 Å². The van der Waals surface area contributed by atoms with Gasteiger partial charge in [0.05, 0.1) is 5.56 Å². The number of aryl methyl sites for hydroxylation is 1. The molecule has 3 aromatic rings. The average Bonchev–Trinajstić information content (AvgIpc) is 2.63. The number of benzene rings is 1. The Balaban J connectivity index is 1.62. The molecule has 2 heterocycles. The maximum Gasteiger partial charge on any atom is 0.254 e. The first-order valence-corrected chi connectivity index (χ1v) is 8.43. The minimum atomic E-state index is -0.227. The molecule has 0 bridgehead atoms. The number of carbonyl (C=O) groups excluding carboxylic acids is 1. The van der Waals surface area contributed by atoms with Gasteiger partial charge in [0.1, 0.15) is 0 Å². The topological polar surface area (TPSA) is 79.8 Å². The lowest BCUT2D eigenvalue weighted by Crippen LogP contribution is -2.23. The largest absolute Gasteiger partial charge is 0.348 e. The minimum absolute atomic E-state index is 0.227. The zero-order valence-corrected chi connectivity index (χ0v) is 15.1. The van der Waals surface area contributed by atoms with Gasteiger partial charge in [-0.1, -0.05) is 22.0 Å². The molecule has 2 N–H and O–H groups in total. The molecule has 1 aromatic carbocycles. The molecule has 0 saturated heterocycles. The van der Waals surface area contributed by atoms with Crippen LogP contribution in [-0.2, 0) is 6.54 Å². The summed E-state index contributed by atoms with van der Waals surface area (Å²) in [5, 5.41) is 5.96. The van der Waals surface area contributed by atoms with Crippen LogP contribution in [0.1, 0.15) is 21.5 Å². The maximum absolute atomic E-state index is 12.1. The number of amides is 1.